The molecule has 1 heterocycles. The first-order valence-corrected chi connectivity index (χ1v) is 10.3. The minimum atomic E-state index is 0.0759. The number of carbonyl (C=O) groups is 1. The molecule has 0 saturated carbocycles. The van der Waals surface area contributed by atoms with Gasteiger partial charge in [0.25, 0.3) is 0 Å². The Morgan fingerprint density at radius 3 is 2.52 bits per heavy atom. The molecule has 3 rings (SSSR count). The third-order valence-corrected chi connectivity index (χ3v) is 5.52. The van der Waals surface area contributed by atoms with E-state index in [1.165, 1.54) is 16.9 Å². The van der Waals surface area contributed by atoms with Gasteiger partial charge in [-0.15, -0.1) is 0 Å². The number of rotatable bonds is 7. The molecule has 5 heteroatoms. The van der Waals surface area contributed by atoms with Crippen molar-refractivity contribution in [3.05, 3.63) is 53.6 Å². The fourth-order valence-corrected chi connectivity index (χ4v) is 3.92. The summed E-state index contributed by atoms with van der Waals surface area (Å²) in [7, 11) is 0. The van der Waals surface area contributed by atoms with E-state index < -0.39 is 0 Å². The fraction of sp³-hybridized carbons (Fsp3) is 0.364. The highest BCUT2D eigenvalue weighted by molar-refractivity contribution is 7.22. The van der Waals surface area contributed by atoms with Gasteiger partial charge >= 0.3 is 0 Å². The second kappa shape index (κ2) is 8.53. The Hall–Kier alpha value is -2.40. The van der Waals surface area contributed by atoms with E-state index in [9.17, 15) is 4.79 Å². The summed E-state index contributed by atoms with van der Waals surface area (Å²) in [4.78, 5) is 19.1. The second-order valence-corrected chi connectivity index (χ2v) is 7.80. The highest BCUT2D eigenvalue weighted by Gasteiger charge is 2.19. The summed E-state index contributed by atoms with van der Waals surface area (Å²) in [6.07, 6.45) is 0.449. The van der Waals surface area contributed by atoms with E-state index >= 15 is 0 Å². The Labute approximate surface area is 164 Å². The van der Waals surface area contributed by atoms with Gasteiger partial charge in [-0.2, -0.15) is 0 Å². The summed E-state index contributed by atoms with van der Waals surface area (Å²) in [6.45, 7) is 9.37. The first kappa shape index (κ1) is 19.4. The number of carbonyl (C=O) groups excluding carboxylic acids is 1. The van der Waals surface area contributed by atoms with Crippen molar-refractivity contribution >= 4 is 32.6 Å². The molecule has 0 aliphatic carbocycles. The quantitative estimate of drug-likeness (QED) is 0.521. The Bertz CT molecular complexity index is 916. The van der Waals surface area contributed by atoms with Crippen molar-refractivity contribution in [3.8, 4) is 5.75 Å². The summed E-state index contributed by atoms with van der Waals surface area (Å²) < 4.78 is 6.60. The van der Waals surface area contributed by atoms with Crippen molar-refractivity contribution in [2.45, 2.75) is 46.6 Å². The first-order chi connectivity index (χ1) is 13.0. The molecule has 0 aliphatic heterocycles. The Balaban J connectivity index is 1.90. The van der Waals surface area contributed by atoms with Crippen LogP contribution in [0.15, 0.2) is 42.5 Å². The number of aromatic nitrogens is 1. The Kier molecular flexibility index (Phi) is 6.11. The van der Waals surface area contributed by atoms with Crippen molar-refractivity contribution in [1.82, 2.24) is 4.98 Å². The molecule has 0 fully saturated rings. The highest BCUT2D eigenvalue weighted by Crippen LogP contribution is 2.32. The van der Waals surface area contributed by atoms with Crippen LogP contribution in [0.3, 0.4) is 0 Å². The molecule has 0 saturated heterocycles. The number of amides is 1. The average Bonchev–Trinajstić information content (AvgIpc) is 3.09. The van der Waals surface area contributed by atoms with E-state index in [1.807, 2.05) is 32.0 Å². The molecule has 4 nitrogen and oxygen atoms in total. The molecular weight excluding hydrogens is 356 g/mol. The number of ether oxygens (including phenoxy) is 1. The van der Waals surface area contributed by atoms with Crippen molar-refractivity contribution in [2.75, 3.05) is 11.5 Å². The maximum Gasteiger partial charge on any atom is 0.228 e. The predicted octanol–water partition coefficient (Wildman–Crippen LogP) is 5.76. The third-order valence-electron chi connectivity index (χ3n) is 4.48. The summed E-state index contributed by atoms with van der Waals surface area (Å²) >= 11 is 1.53. The van der Waals surface area contributed by atoms with Crippen LogP contribution >= 0.6 is 11.3 Å². The fourth-order valence-electron chi connectivity index (χ4n) is 2.91. The molecule has 2 aromatic carbocycles. The normalized spacial score (nSPS) is 11.1. The molecule has 0 atom stereocenters. The van der Waals surface area contributed by atoms with E-state index in [4.69, 9.17) is 9.72 Å². The first-order valence-electron chi connectivity index (χ1n) is 9.44. The Morgan fingerprint density at radius 2 is 1.89 bits per heavy atom. The third kappa shape index (κ3) is 4.48. The van der Waals surface area contributed by atoms with Gasteiger partial charge in [0.1, 0.15) is 5.75 Å². The van der Waals surface area contributed by atoms with Crippen LogP contribution in [0.4, 0.5) is 5.13 Å². The zero-order valence-electron chi connectivity index (χ0n) is 16.4. The topological polar surface area (TPSA) is 42.4 Å². The van der Waals surface area contributed by atoms with Gasteiger partial charge < -0.3 is 4.74 Å². The minimum Gasteiger partial charge on any atom is -0.494 e. The number of hydrogen-bond acceptors (Lipinski definition) is 4. The molecule has 0 N–H and O–H groups in total. The molecular formula is C22H26N2O2S. The summed E-state index contributed by atoms with van der Waals surface area (Å²) in [6, 6.07) is 14.4. The van der Waals surface area contributed by atoms with Gasteiger partial charge in [0, 0.05) is 6.42 Å². The van der Waals surface area contributed by atoms with Crippen molar-refractivity contribution in [1.29, 1.82) is 0 Å². The van der Waals surface area contributed by atoms with Gasteiger partial charge in [-0.1, -0.05) is 56.4 Å². The lowest BCUT2D eigenvalue weighted by molar-refractivity contribution is -0.118. The number of benzene rings is 2. The van der Waals surface area contributed by atoms with Gasteiger partial charge in [-0.05, 0) is 42.2 Å². The molecule has 1 aromatic heterocycles. The van der Waals surface area contributed by atoms with Crippen LogP contribution in [0, 0.1) is 0 Å². The molecule has 0 bridgehead atoms. The SMILES string of the molecule is CCOc1ccc2nc(N(Cc3ccc(C(C)C)cc3)C(=O)CC)sc2c1. The summed E-state index contributed by atoms with van der Waals surface area (Å²) in [5.74, 6) is 1.40. The van der Waals surface area contributed by atoms with Crippen LogP contribution in [0.1, 0.15) is 51.2 Å². The van der Waals surface area contributed by atoms with Gasteiger partial charge in [0.15, 0.2) is 5.13 Å². The molecule has 0 spiro atoms. The van der Waals surface area contributed by atoms with Crippen LogP contribution in [0.2, 0.25) is 0 Å². The molecule has 27 heavy (non-hydrogen) atoms. The van der Waals surface area contributed by atoms with E-state index in [-0.39, 0.29) is 5.91 Å². The maximum absolute atomic E-state index is 12.6. The predicted molar refractivity (Wildman–Crippen MR) is 113 cm³/mol. The van der Waals surface area contributed by atoms with Gasteiger partial charge in [-0.25, -0.2) is 4.98 Å². The Morgan fingerprint density at radius 1 is 1.15 bits per heavy atom. The minimum absolute atomic E-state index is 0.0759. The lowest BCUT2D eigenvalue weighted by Gasteiger charge is -2.19. The van der Waals surface area contributed by atoms with Crippen LogP contribution in [-0.4, -0.2) is 17.5 Å². The number of anilines is 1. The molecule has 0 radical (unpaired) electrons. The van der Waals surface area contributed by atoms with E-state index in [1.54, 1.807) is 4.90 Å². The maximum atomic E-state index is 12.6. The van der Waals surface area contributed by atoms with E-state index in [0.717, 1.165) is 26.7 Å². The van der Waals surface area contributed by atoms with Gasteiger partial charge in [0.2, 0.25) is 5.91 Å². The number of fused-ring (bicyclic) bond motifs is 1. The van der Waals surface area contributed by atoms with Crippen LogP contribution in [-0.2, 0) is 11.3 Å². The standard InChI is InChI=1S/C22H26N2O2S/c1-5-21(25)24(14-16-7-9-17(10-8-16)15(3)4)22-23-19-12-11-18(26-6-2)13-20(19)27-22/h7-13,15H,5-6,14H2,1-4H3. The van der Waals surface area contributed by atoms with E-state index in [2.05, 4.69) is 38.1 Å². The highest BCUT2D eigenvalue weighted by atomic mass is 32.1. The zero-order valence-corrected chi connectivity index (χ0v) is 17.2. The van der Waals surface area contributed by atoms with Crippen molar-refractivity contribution in [2.24, 2.45) is 0 Å². The van der Waals surface area contributed by atoms with Crippen molar-refractivity contribution < 1.29 is 9.53 Å². The van der Waals surface area contributed by atoms with Gasteiger partial charge in [0.05, 0.1) is 23.4 Å². The average molecular weight is 383 g/mol. The second-order valence-electron chi connectivity index (χ2n) is 6.79. The zero-order chi connectivity index (χ0) is 19.4. The van der Waals surface area contributed by atoms with Crippen molar-refractivity contribution in [3.63, 3.8) is 0 Å². The number of hydrogen-bond donors (Lipinski definition) is 0. The monoisotopic (exact) mass is 382 g/mol. The largest absolute Gasteiger partial charge is 0.494 e. The molecule has 0 unspecified atom stereocenters. The van der Waals surface area contributed by atoms with Gasteiger partial charge in [-0.3, -0.25) is 9.69 Å². The van der Waals surface area contributed by atoms with Crippen LogP contribution in [0.25, 0.3) is 10.2 Å². The molecule has 0 aliphatic rings. The molecule has 3 aromatic rings. The van der Waals surface area contributed by atoms with Crippen LogP contribution in [0.5, 0.6) is 5.75 Å². The lowest BCUT2D eigenvalue weighted by Crippen LogP contribution is -2.29. The number of nitrogens with zero attached hydrogens (tertiary/aromatic N) is 2. The number of thiazole rings is 1. The molecule has 142 valence electrons. The summed E-state index contributed by atoms with van der Waals surface area (Å²) in [5.41, 5.74) is 3.30. The lowest BCUT2D eigenvalue weighted by atomic mass is 10.0. The van der Waals surface area contributed by atoms with E-state index in [0.29, 0.717) is 25.5 Å². The summed E-state index contributed by atoms with van der Waals surface area (Å²) in [5, 5.41) is 0.735. The smallest absolute Gasteiger partial charge is 0.228 e. The molecule has 1 amide bonds. The van der Waals surface area contributed by atoms with Crippen LogP contribution < -0.4 is 9.64 Å².